The zero-order chi connectivity index (χ0) is 28.8. The van der Waals surface area contributed by atoms with Crippen LogP contribution in [0.5, 0.6) is 17.2 Å². The number of thiazole rings is 1. The molecule has 0 saturated carbocycles. The normalized spacial score (nSPS) is 19.5. The summed E-state index contributed by atoms with van der Waals surface area (Å²) in [7, 11) is 0. The van der Waals surface area contributed by atoms with Crippen LogP contribution >= 0.6 is 22.9 Å². The molecule has 4 aromatic rings. The number of carbonyl (C=O) groups excluding carboxylic acids is 2. The summed E-state index contributed by atoms with van der Waals surface area (Å²) in [6.45, 7) is 6.53. The summed E-state index contributed by atoms with van der Waals surface area (Å²) in [5, 5.41) is 12.5. The average molecular weight is 591 g/mol. The Morgan fingerprint density at radius 2 is 1.85 bits per heavy atom. The Morgan fingerprint density at radius 1 is 1.07 bits per heavy atom. The van der Waals surface area contributed by atoms with E-state index in [0.29, 0.717) is 57.9 Å². The van der Waals surface area contributed by atoms with E-state index in [1.54, 1.807) is 48.5 Å². The molecule has 3 aromatic carbocycles. The van der Waals surface area contributed by atoms with Crippen LogP contribution in [0.15, 0.2) is 60.2 Å². The maximum atomic E-state index is 13.7. The number of hydrogen-bond donors (Lipinski definition) is 1. The monoisotopic (exact) mass is 590 g/mol. The smallest absolute Gasteiger partial charge is 0.301 e. The fraction of sp³-hybridized carbons (Fsp3) is 0.258. The molecule has 2 aliphatic rings. The first-order valence-corrected chi connectivity index (χ1v) is 14.5. The maximum absolute atomic E-state index is 13.7. The van der Waals surface area contributed by atoms with Gasteiger partial charge in [0, 0.05) is 17.0 Å². The lowest BCUT2D eigenvalue weighted by molar-refractivity contribution is -0.132. The second-order valence-electron chi connectivity index (χ2n) is 9.80. The number of aromatic nitrogens is 1. The molecule has 0 aliphatic carbocycles. The van der Waals surface area contributed by atoms with Gasteiger partial charge in [0.15, 0.2) is 16.6 Å². The van der Waals surface area contributed by atoms with E-state index in [-0.39, 0.29) is 17.4 Å². The summed E-state index contributed by atoms with van der Waals surface area (Å²) in [6.07, 6.45) is 0.695. The third-order valence-electron chi connectivity index (χ3n) is 7.04. The van der Waals surface area contributed by atoms with Crippen molar-refractivity contribution in [2.75, 3.05) is 18.1 Å². The van der Waals surface area contributed by atoms with E-state index >= 15 is 0 Å². The van der Waals surface area contributed by atoms with Gasteiger partial charge in [0.25, 0.3) is 5.78 Å². The molecule has 1 N–H and O–H groups in total. The molecule has 0 bridgehead atoms. The summed E-state index contributed by atoms with van der Waals surface area (Å²) in [6, 6.07) is 14.8. The highest BCUT2D eigenvalue weighted by atomic mass is 35.5. The highest BCUT2D eigenvalue weighted by molar-refractivity contribution is 7.22. The van der Waals surface area contributed by atoms with Crippen molar-refractivity contribution in [2.45, 2.75) is 39.3 Å². The van der Waals surface area contributed by atoms with E-state index in [9.17, 15) is 14.7 Å². The number of carbonyl (C=O) groups is 2. The van der Waals surface area contributed by atoms with E-state index in [1.165, 1.54) is 16.2 Å². The fourth-order valence-corrected chi connectivity index (χ4v) is 6.57. The second-order valence-corrected chi connectivity index (χ2v) is 11.3. The Bertz CT molecular complexity index is 1730. The zero-order valence-corrected chi connectivity index (χ0v) is 24.2. The molecule has 0 radical (unpaired) electrons. The number of rotatable bonds is 7. The van der Waals surface area contributed by atoms with E-state index < -0.39 is 17.7 Å². The molecule has 6 rings (SSSR count). The summed E-state index contributed by atoms with van der Waals surface area (Å²) in [4.78, 5) is 33.4. The molecule has 10 heteroatoms. The molecule has 1 aromatic heterocycles. The SMILES string of the molecule is CCOc1ccc(C2/C(=C(/O)c3ccc4c(c3)CC(C)O4)C(=O)C(=O)N2c2nc3ccc(Cl)cc3s2)cc1OCC. The molecular formula is C31H27ClN2O6S. The number of amides is 1. The molecule has 2 aliphatic heterocycles. The van der Waals surface area contributed by atoms with Crippen LogP contribution in [0.4, 0.5) is 5.13 Å². The minimum absolute atomic E-state index is 0.0151. The van der Waals surface area contributed by atoms with Crippen LogP contribution in [0.1, 0.15) is 43.5 Å². The number of Topliss-reactive ketones (excluding diaryl/α,β-unsaturated/α-hetero) is 1. The number of nitrogens with zero attached hydrogens (tertiary/aromatic N) is 2. The molecule has 1 fully saturated rings. The summed E-state index contributed by atoms with van der Waals surface area (Å²) in [5.41, 5.74) is 2.52. The van der Waals surface area contributed by atoms with Crippen LogP contribution < -0.4 is 19.1 Å². The second kappa shape index (κ2) is 10.7. The van der Waals surface area contributed by atoms with Crippen molar-refractivity contribution < 1.29 is 28.9 Å². The van der Waals surface area contributed by atoms with E-state index in [2.05, 4.69) is 4.98 Å². The third kappa shape index (κ3) is 4.79. The lowest BCUT2D eigenvalue weighted by Crippen LogP contribution is -2.29. The van der Waals surface area contributed by atoms with Gasteiger partial charge in [-0.15, -0.1) is 0 Å². The van der Waals surface area contributed by atoms with Crippen molar-refractivity contribution in [3.63, 3.8) is 0 Å². The van der Waals surface area contributed by atoms with Crippen LogP contribution in [0.3, 0.4) is 0 Å². The first kappa shape index (κ1) is 27.1. The average Bonchev–Trinajstić information content (AvgIpc) is 3.61. The summed E-state index contributed by atoms with van der Waals surface area (Å²) >= 11 is 7.45. The first-order valence-electron chi connectivity index (χ1n) is 13.4. The number of fused-ring (bicyclic) bond motifs is 2. The minimum Gasteiger partial charge on any atom is -0.507 e. The lowest BCUT2D eigenvalue weighted by Gasteiger charge is -2.24. The Balaban J connectivity index is 1.55. The molecule has 8 nitrogen and oxygen atoms in total. The highest BCUT2D eigenvalue weighted by Gasteiger charge is 2.48. The van der Waals surface area contributed by atoms with Gasteiger partial charge in [0.05, 0.1) is 35.0 Å². The van der Waals surface area contributed by atoms with Crippen LogP contribution in [-0.2, 0) is 16.0 Å². The van der Waals surface area contributed by atoms with Gasteiger partial charge in [-0.1, -0.05) is 29.0 Å². The van der Waals surface area contributed by atoms with E-state index in [0.717, 1.165) is 16.0 Å². The quantitative estimate of drug-likeness (QED) is 0.145. The Morgan fingerprint density at radius 3 is 2.63 bits per heavy atom. The van der Waals surface area contributed by atoms with Gasteiger partial charge in [0.1, 0.15) is 17.6 Å². The van der Waals surface area contributed by atoms with Gasteiger partial charge in [0.2, 0.25) is 0 Å². The van der Waals surface area contributed by atoms with Gasteiger partial charge in [-0.3, -0.25) is 14.5 Å². The van der Waals surface area contributed by atoms with Crippen molar-refractivity contribution in [2.24, 2.45) is 0 Å². The Labute approximate surface area is 245 Å². The van der Waals surface area contributed by atoms with Crippen LogP contribution in [-0.4, -0.2) is 41.1 Å². The molecule has 3 heterocycles. The third-order valence-corrected chi connectivity index (χ3v) is 8.29. The number of halogens is 1. The number of anilines is 1. The van der Waals surface area contributed by atoms with Gasteiger partial charge < -0.3 is 19.3 Å². The van der Waals surface area contributed by atoms with Crippen molar-refractivity contribution >= 4 is 55.7 Å². The summed E-state index contributed by atoms with van der Waals surface area (Å²) < 4.78 is 18.2. The molecule has 2 unspecified atom stereocenters. The predicted octanol–water partition coefficient (Wildman–Crippen LogP) is 6.70. The van der Waals surface area contributed by atoms with Crippen molar-refractivity contribution in [3.05, 3.63) is 81.9 Å². The predicted molar refractivity (Wildman–Crippen MR) is 158 cm³/mol. The van der Waals surface area contributed by atoms with Crippen molar-refractivity contribution in [3.8, 4) is 17.2 Å². The van der Waals surface area contributed by atoms with Crippen LogP contribution in [0, 0.1) is 0 Å². The molecule has 41 heavy (non-hydrogen) atoms. The standard InChI is InChI=1S/C31H27ClN2O6S/c1-4-38-23-11-6-17(14-24(23)39-5-2)27-26(28(35)18-7-10-22-19(13-18)12-16(3)40-22)29(36)30(37)34(27)31-33-21-9-8-20(32)15-25(21)41-31/h6-11,13-16,27,35H,4-5,12H2,1-3H3/b28-26-. The highest BCUT2D eigenvalue weighted by Crippen LogP contribution is 2.46. The largest absolute Gasteiger partial charge is 0.507 e. The number of hydrogen-bond acceptors (Lipinski definition) is 8. The van der Waals surface area contributed by atoms with Crippen molar-refractivity contribution in [1.29, 1.82) is 0 Å². The van der Waals surface area contributed by atoms with Gasteiger partial charge in [-0.05, 0) is 80.4 Å². The van der Waals surface area contributed by atoms with Gasteiger partial charge >= 0.3 is 5.91 Å². The number of aliphatic hydroxyl groups excluding tert-OH is 1. The van der Waals surface area contributed by atoms with Crippen molar-refractivity contribution in [1.82, 2.24) is 4.98 Å². The molecule has 1 amide bonds. The van der Waals surface area contributed by atoms with Crippen LogP contribution in [0.25, 0.3) is 16.0 Å². The fourth-order valence-electron chi connectivity index (χ4n) is 5.30. The number of ether oxygens (including phenoxy) is 3. The Kier molecular flexibility index (Phi) is 7.09. The molecule has 0 spiro atoms. The van der Waals surface area contributed by atoms with Gasteiger partial charge in [-0.2, -0.15) is 0 Å². The number of aliphatic hydroxyl groups is 1. The number of ketones is 1. The number of benzene rings is 3. The van der Waals surface area contributed by atoms with Gasteiger partial charge in [-0.25, -0.2) is 4.98 Å². The minimum atomic E-state index is -0.968. The molecule has 1 saturated heterocycles. The molecule has 2 atom stereocenters. The topological polar surface area (TPSA) is 98.2 Å². The van der Waals surface area contributed by atoms with E-state index in [1.807, 2.05) is 26.8 Å². The summed E-state index contributed by atoms with van der Waals surface area (Å²) in [5.74, 6) is -0.107. The van der Waals surface area contributed by atoms with Crippen LogP contribution in [0.2, 0.25) is 5.02 Å². The van der Waals surface area contributed by atoms with E-state index in [4.69, 9.17) is 25.8 Å². The Hall–Kier alpha value is -4.08. The lowest BCUT2D eigenvalue weighted by atomic mass is 9.94. The molecular weight excluding hydrogens is 564 g/mol. The maximum Gasteiger partial charge on any atom is 0.301 e. The zero-order valence-electron chi connectivity index (χ0n) is 22.6. The first-order chi connectivity index (χ1) is 19.8. The molecule has 210 valence electrons.